The molecule has 1 rings (SSSR count). The van der Waals surface area contributed by atoms with Crippen molar-refractivity contribution in [3.63, 3.8) is 0 Å². The molecular formula is C11H14BrO. The second-order valence-corrected chi connectivity index (χ2v) is 4.15. The molecule has 1 aromatic carbocycles. The molecule has 0 aliphatic rings. The van der Waals surface area contributed by atoms with Crippen LogP contribution in [0.15, 0.2) is 22.7 Å². The maximum Gasteiger partial charge on any atom is 0.0565 e. The van der Waals surface area contributed by atoms with E-state index in [0.29, 0.717) is 6.61 Å². The van der Waals surface area contributed by atoms with Gasteiger partial charge in [0, 0.05) is 17.5 Å². The number of hydrogen-bond donors (Lipinski definition) is 0. The Morgan fingerprint density at radius 1 is 1.38 bits per heavy atom. The third-order valence-corrected chi connectivity index (χ3v) is 2.35. The van der Waals surface area contributed by atoms with E-state index in [9.17, 15) is 0 Å². The zero-order valence-electron chi connectivity index (χ0n) is 8.23. The molecule has 0 heterocycles. The van der Waals surface area contributed by atoms with Crippen LogP contribution in [0, 0.1) is 12.8 Å². The van der Waals surface area contributed by atoms with E-state index >= 15 is 0 Å². The van der Waals surface area contributed by atoms with Gasteiger partial charge in [0.2, 0.25) is 0 Å². The fourth-order valence-electron chi connectivity index (χ4n) is 1.28. The van der Waals surface area contributed by atoms with Crippen molar-refractivity contribution in [2.45, 2.75) is 13.8 Å². The first kappa shape index (κ1) is 10.7. The number of hydrogen-bond acceptors (Lipinski definition) is 1. The minimum absolute atomic E-state index is 0.690. The molecule has 1 radical (unpaired) electrons. The highest BCUT2D eigenvalue weighted by molar-refractivity contribution is 9.10. The topological polar surface area (TPSA) is 9.23 Å². The molecule has 1 nitrogen and oxygen atoms in total. The summed E-state index contributed by atoms with van der Waals surface area (Å²) in [5.41, 5.74) is 2.51. The van der Waals surface area contributed by atoms with Gasteiger partial charge in [0.1, 0.15) is 0 Å². The smallest absolute Gasteiger partial charge is 0.0565 e. The molecule has 0 fully saturated rings. The Morgan fingerprint density at radius 2 is 2.08 bits per heavy atom. The molecule has 0 aliphatic heterocycles. The molecule has 0 saturated heterocycles. The average Bonchev–Trinajstić information content (AvgIpc) is 2.03. The van der Waals surface area contributed by atoms with Gasteiger partial charge in [-0.25, -0.2) is 0 Å². The molecule has 0 aliphatic carbocycles. The molecule has 0 unspecified atom stereocenters. The van der Waals surface area contributed by atoms with Gasteiger partial charge in [-0.05, 0) is 30.2 Å². The highest BCUT2D eigenvalue weighted by Gasteiger charge is 2.06. The predicted molar refractivity (Wildman–Crippen MR) is 58.8 cm³/mol. The van der Waals surface area contributed by atoms with E-state index in [4.69, 9.17) is 4.74 Å². The summed E-state index contributed by atoms with van der Waals surface area (Å²) in [5.74, 6) is 1.26. The Bertz CT molecular complexity index is 263. The Labute approximate surface area is 88.2 Å². The third-order valence-electron chi connectivity index (χ3n) is 1.90. The number of rotatable bonds is 3. The summed E-state index contributed by atoms with van der Waals surface area (Å²) in [6.45, 7) is 4.87. The third kappa shape index (κ3) is 3.12. The second-order valence-electron chi connectivity index (χ2n) is 3.23. The SMILES string of the molecule is COC[C](C)c1cc(C)cc(Br)c1. The first-order valence-electron chi connectivity index (χ1n) is 4.22. The maximum absolute atomic E-state index is 5.09. The number of methoxy groups -OCH3 is 1. The van der Waals surface area contributed by atoms with Crippen molar-refractivity contribution in [3.8, 4) is 0 Å². The minimum Gasteiger partial charge on any atom is -0.384 e. The summed E-state index contributed by atoms with van der Waals surface area (Å²) in [6, 6.07) is 6.38. The molecule has 0 saturated carbocycles. The van der Waals surface area contributed by atoms with Crippen LogP contribution in [0.1, 0.15) is 18.1 Å². The molecule has 71 valence electrons. The van der Waals surface area contributed by atoms with Crippen molar-refractivity contribution >= 4 is 15.9 Å². The number of ether oxygens (including phenoxy) is 1. The van der Waals surface area contributed by atoms with Gasteiger partial charge in [-0.15, -0.1) is 0 Å². The molecule has 2 heteroatoms. The Hall–Kier alpha value is -0.340. The highest BCUT2D eigenvalue weighted by Crippen LogP contribution is 2.21. The Morgan fingerprint density at radius 3 is 2.62 bits per heavy atom. The van der Waals surface area contributed by atoms with E-state index in [1.165, 1.54) is 17.0 Å². The van der Waals surface area contributed by atoms with Crippen LogP contribution < -0.4 is 0 Å². The fourth-order valence-corrected chi connectivity index (χ4v) is 1.89. The minimum atomic E-state index is 0.690. The molecule has 0 aromatic heterocycles. The standard InChI is InChI=1S/C11H14BrO/c1-8-4-10(6-11(12)5-8)9(2)7-13-3/h4-6H,7H2,1-3H3. The summed E-state index contributed by atoms with van der Waals surface area (Å²) in [5, 5.41) is 0. The van der Waals surface area contributed by atoms with Crippen LogP contribution in [0.2, 0.25) is 0 Å². The van der Waals surface area contributed by atoms with Crippen molar-refractivity contribution < 1.29 is 4.74 Å². The summed E-state index contributed by atoms with van der Waals surface area (Å²) >= 11 is 3.48. The van der Waals surface area contributed by atoms with Gasteiger partial charge in [0.05, 0.1) is 6.61 Å². The van der Waals surface area contributed by atoms with E-state index in [2.05, 4.69) is 48.0 Å². The molecule has 0 N–H and O–H groups in total. The van der Waals surface area contributed by atoms with Crippen LogP contribution in [0.3, 0.4) is 0 Å². The van der Waals surface area contributed by atoms with Crippen LogP contribution in [-0.4, -0.2) is 13.7 Å². The van der Waals surface area contributed by atoms with Crippen LogP contribution in [0.5, 0.6) is 0 Å². The lowest BCUT2D eigenvalue weighted by Gasteiger charge is -2.11. The molecule has 13 heavy (non-hydrogen) atoms. The molecule has 0 bridgehead atoms. The normalized spacial score (nSPS) is 10.8. The molecular weight excluding hydrogens is 228 g/mol. The summed E-state index contributed by atoms with van der Waals surface area (Å²) in [6.07, 6.45) is 0. The van der Waals surface area contributed by atoms with Crippen molar-refractivity contribution in [1.29, 1.82) is 0 Å². The van der Waals surface area contributed by atoms with Crippen molar-refractivity contribution in [3.05, 3.63) is 39.7 Å². The Kier molecular flexibility index (Phi) is 3.94. The summed E-state index contributed by atoms with van der Waals surface area (Å²) < 4.78 is 6.21. The first-order chi connectivity index (χ1) is 6.13. The van der Waals surface area contributed by atoms with Crippen molar-refractivity contribution in [2.75, 3.05) is 13.7 Å². The Balaban J connectivity index is 2.87. The lowest BCUT2D eigenvalue weighted by atomic mass is 10.0. The molecule has 0 amide bonds. The number of aryl methyl sites for hydroxylation is 1. The van der Waals surface area contributed by atoms with Crippen LogP contribution in [0.4, 0.5) is 0 Å². The lowest BCUT2D eigenvalue weighted by Crippen LogP contribution is -2.03. The number of halogens is 1. The van der Waals surface area contributed by atoms with Crippen LogP contribution >= 0.6 is 15.9 Å². The van der Waals surface area contributed by atoms with E-state index in [1.807, 2.05) is 0 Å². The largest absolute Gasteiger partial charge is 0.384 e. The first-order valence-corrected chi connectivity index (χ1v) is 5.01. The molecule has 0 spiro atoms. The maximum atomic E-state index is 5.09. The van der Waals surface area contributed by atoms with E-state index in [1.54, 1.807) is 7.11 Å². The van der Waals surface area contributed by atoms with Gasteiger partial charge >= 0.3 is 0 Å². The van der Waals surface area contributed by atoms with E-state index < -0.39 is 0 Å². The van der Waals surface area contributed by atoms with Gasteiger partial charge in [0.15, 0.2) is 0 Å². The molecule has 1 aromatic rings. The lowest BCUT2D eigenvalue weighted by molar-refractivity contribution is 0.214. The van der Waals surface area contributed by atoms with Crippen LogP contribution in [0.25, 0.3) is 0 Å². The average molecular weight is 242 g/mol. The monoisotopic (exact) mass is 241 g/mol. The van der Waals surface area contributed by atoms with Crippen LogP contribution in [-0.2, 0) is 4.74 Å². The van der Waals surface area contributed by atoms with Gasteiger partial charge < -0.3 is 4.74 Å². The van der Waals surface area contributed by atoms with Gasteiger partial charge in [-0.2, -0.15) is 0 Å². The van der Waals surface area contributed by atoms with Gasteiger partial charge in [-0.3, -0.25) is 0 Å². The van der Waals surface area contributed by atoms with Gasteiger partial charge in [-0.1, -0.05) is 28.9 Å². The van der Waals surface area contributed by atoms with Crippen molar-refractivity contribution in [2.24, 2.45) is 0 Å². The van der Waals surface area contributed by atoms with Crippen molar-refractivity contribution in [1.82, 2.24) is 0 Å². The molecule has 0 atom stereocenters. The highest BCUT2D eigenvalue weighted by atomic mass is 79.9. The second kappa shape index (κ2) is 4.77. The van der Waals surface area contributed by atoms with E-state index in [0.717, 1.165) is 4.47 Å². The summed E-state index contributed by atoms with van der Waals surface area (Å²) in [4.78, 5) is 0. The van der Waals surface area contributed by atoms with E-state index in [-0.39, 0.29) is 0 Å². The summed E-state index contributed by atoms with van der Waals surface area (Å²) in [7, 11) is 1.72. The zero-order valence-corrected chi connectivity index (χ0v) is 9.81. The predicted octanol–water partition coefficient (Wildman–Crippen LogP) is 3.35. The van der Waals surface area contributed by atoms with Gasteiger partial charge in [0.25, 0.3) is 0 Å². The number of benzene rings is 1. The fraction of sp³-hybridized carbons (Fsp3) is 0.364. The quantitative estimate of drug-likeness (QED) is 0.789. The zero-order chi connectivity index (χ0) is 9.84.